The summed E-state index contributed by atoms with van der Waals surface area (Å²) in [6.45, 7) is 9.53. The van der Waals surface area contributed by atoms with Crippen LogP contribution in [0, 0.1) is 0 Å². The van der Waals surface area contributed by atoms with Gasteiger partial charge in [-0.25, -0.2) is 4.99 Å². The number of nitrogens with one attached hydrogen (secondary N) is 1. The maximum Gasteiger partial charge on any atom is 0.242 e. The molecule has 1 aliphatic rings. The summed E-state index contributed by atoms with van der Waals surface area (Å²) in [5.74, 6) is 2.91. The summed E-state index contributed by atoms with van der Waals surface area (Å²) in [6.07, 6.45) is 0. The van der Waals surface area contributed by atoms with Crippen molar-refractivity contribution < 1.29 is 19.0 Å². The number of benzene rings is 1. The highest BCUT2D eigenvalue weighted by atomic mass is 127. The Balaban J connectivity index is 0.00000392. The molecule has 1 amide bonds. The molecule has 0 radical (unpaired) electrons. The number of likely N-dealkylation sites (N-methyl/N-ethyl adjacent to an activating group) is 2. The maximum absolute atomic E-state index is 12.3. The van der Waals surface area contributed by atoms with Gasteiger partial charge in [-0.2, -0.15) is 0 Å². The largest absolute Gasteiger partial charge is 0.492 e. The highest BCUT2D eigenvalue weighted by Crippen LogP contribution is 2.34. The van der Waals surface area contributed by atoms with E-state index in [4.69, 9.17) is 14.2 Å². The normalized spacial score (nSPS) is 12.2. The number of carbonyl (C=O) groups is 1. The first-order valence-electron chi connectivity index (χ1n) is 9.38. The predicted octanol–water partition coefficient (Wildman–Crippen LogP) is 2.18. The van der Waals surface area contributed by atoms with E-state index in [2.05, 4.69) is 10.3 Å². The molecule has 0 saturated carbocycles. The first-order valence-corrected chi connectivity index (χ1v) is 9.38. The fourth-order valence-corrected chi connectivity index (χ4v) is 2.71. The van der Waals surface area contributed by atoms with Crippen LogP contribution in [0.2, 0.25) is 0 Å². The third-order valence-corrected chi connectivity index (χ3v) is 4.15. The summed E-state index contributed by atoms with van der Waals surface area (Å²) in [4.78, 5) is 20.5. The highest BCUT2D eigenvalue weighted by molar-refractivity contribution is 14.0. The second kappa shape index (κ2) is 12.5. The highest BCUT2D eigenvalue weighted by Gasteiger charge is 2.15. The summed E-state index contributed by atoms with van der Waals surface area (Å²) in [5, 5.41) is 3.21. The van der Waals surface area contributed by atoms with E-state index in [1.807, 2.05) is 55.8 Å². The minimum atomic E-state index is 0. The molecule has 0 bridgehead atoms. The van der Waals surface area contributed by atoms with Crippen LogP contribution in [-0.4, -0.2) is 74.8 Å². The average molecular weight is 506 g/mol. The fraction of sp³-hybridized carbons (Fsp3) is 0.579. The number of guanidine groups is 1. The molecule has 0 aliphatic carbocycles. The van der Waals surface area contributed by atoms with Crippen LogP contribution in [-0.2, 0) is 4.79 Å². The quantitative estimate of drug-likeness (QED) is 0.240. The third-order valence-electron chi connectivity index (χ3n) is 4.15. The van der Waals surface area contributed by atoms with Gasteiger partial charge in [0.1, 0.15) is 12.4 Å². The molecule has 0 fully saturated rings. The minimum absolute atomic E-state index is 0. The van der Waals surface area contributed by atoms with Crippen molar-refractivity contribution in [3.05, 3.63) is 18.2 Å². The van der Waals surface area contributed by atoms with Crippen molar-refractivity contribution in [3.8, 4) is 17.2 Å². The van der Waals surface area contributed by atoms with Gasteiger partial charge in [-0.3, -0.25) is 4.79 Å². The molecule has 1 heterocycles. The van der Waals surface area contributed by atoms with Gasteiger partial charge in [-0.15, -0.1) is 24.0 Å². The number of carbonyl (C=O) groups excluding carboxylic acids is 1. The van der Waals surface area contributed by atoms with E-state index in [1.54, 1.807) is 0 Å². The van der Waals surface area contributed by atoms with Crippen molar-refractivity contribution in [1.82, 2.24) is 15.1 Å². The molecule has 0 spiro atoms. The van der Waals surface area contributed by atoms with Gasteiger partial charge in [0.25, 0.3) is 0 Å². The number of nitrogens with zero attached hydrogens (tertiary/aromatic N) is 3. The van der Waals surface area contributed by atoms with Gasteiger partial charge >= 0.3 is 0 Å². The Labute approximate surface area is 184 Å². The first kappa shape index (κ1) is 24.1. The summed E-state index contributed by atoms with van der Waals surface area (Å²) >= 11 is 0. The molecular weight excluding hydrogens is 475 g/mol. The molecule has 158 valence electrons. The lowest BCUT2D eigenvalue weighted by molar-refractivity contribution is -0.131. The number of halogens is 1. The van der Waals surface area contributed by atoms with Crippen LogP contribution in [0.5, 0.6) is 17.2 Å². The van der Waals surface area contributed by atoms with Gasteiger partial charge in [0.05, 0.1) is 13.1 Å². The number of rotatable bonds is 9. The fourth-order valence-electron chi connectivity index (χ4n) is 2.71. The minimum Gasteiger partial charge on any atom is -0.492 e. The van der Waals surface area contributed by atoms with Gasteiger partial charge in [0.2, 0.25) is 12.7 Å². The molecule has 0 aromatic heterocycles. The van der Waals surface area contributed by atoms with E-state index in [0.29, 0.717) is 43.7 Å². The molecule has 1 N–H and O–H groups in total. The average Bonchev–Trinajstić information content (AvgIpc) is 3.13. The Bertz CT molecular complexity index is 653. The van der Waals surface area contributed by atoms with E-state index in [9.17, 15) is 4.79 Å². The Morgan fingerprint density at radius 3 is 2.61 bits per heavy atom. The van der Waals surface area contributed by atoms with Crippen molar-refractivity contribution >= 4 is 35.8 Å². The zero-order valence-electron chi connectivity index (χ0n) is 17.1. The lowest BCUT2D eigenvalue weighted by Crippen LogP contribution is -2.45. The predicted molar refractivity (Wildman–Crippen MR) is 120 cm³/mol. The van der Waals surface area contributed by atoms with Gasteiger partial charge in [-0.1, -0.05) is 0 Å². The number of fused-ring (bicyclic) bond motifs is 1. The third kappa shape index (κ3) is 6.92. The van der Waals surface area contributed by atoms with Crippen LogP contribution in [0.4, 0.5) is 0 Å². The van der Waals surface area contributed by atoms with E-state index in [0.717, 1.165) is 12.3 Å². The maximum atomic E-state index is 12.3. The molecule has 9 heteroatoms. The van der Waals surface area contributed by atoms with Crippen LogP contribution in [0.15, 0.2) is 23.2 Å². The van der Waals surface area contributed by atoms with Gasteiger partial charge in [0.15, 0.2) is 17.5 Å². The second-order valence-electron chi connectivity index (χ2n) is 6.02. The molecule has 28 heavy (non-hydrogen) atoms. The lowest BCUT2D eigenvalue weighted by Gasteiger charge is -2.25. The Morgan fingerprint density at radius 2 is 1.93 bits per heavy atom. The molecule has 8 nitrogen and oxygen atoms in total. The zero-order valence-corrected chi connectivity index (χ0v) is 19.4. The van der Waals surface area contributed by atoms with Crippen LogP contribution in [0.1, 0.15) is 20.8 Å². The standard InChI is InChI=1S/C19H30N4O4.HI/c1-5-20-19(22(4)13-18(24)23(6-2)7-3)21-10-11-25-15-8-9-16-17(12-15)27-14-26-16;/h8-9,12H,5-7,10-11,13-14H2,1-4H3,(H,20,21);1H. The monoisotopic (exact) mass is 506 g/mol. The number of aliphatic imine (C=N–C) groups is 1. The first-order chi connectivity index (χ1) is 13.1. The number of amides is 1. The Morgan fingerprint density at radius 1 is 1.21 bits per heavy atom. The topological polar surface area (TPSA) is 75.6 Å². The van der Waals surface area contributed by atoms with Gasteiger partial charge < -0.3 is 29.3 Å². The van der Waals surface area contributed by atoms with Crippen molar-refractivity contribution in [2.24, 2.45) is 4.99 Å². The van der Waals surface area contributed by atoms with Crippen molar-refractivity contribution in [2.75, 3.05) is 53.2 Å². The van der Waals surface area contributed by atoms with Crippen LogP contribution in [0.3, 0.4) is 0 Å². The summed E-state index contributed by atoms with van der Waals surface area (Å²) in [7, 11) is 1.86. The Hall–Kier alpha value is -1.91. The molecule has 2 rings (SSSR count). The summed E-state index contributed by atoms with van der Waals surface area (Å²) in [5.41, 5.74) is 0. The smallest absolute Gasteiger partial charge is 0.242 e. The SMILES string of the molecule is CCNC(=NCCOc1ccc2c(c1)OCO2)N(C)CC(=O)N(CC)CC.I. The summed E-state index contributed by atoms with van der Waals surface area (Å²) < 4.78 is 16.4. The lowest BCUT2D eigenvalue weighted by atomic mass is 10.3. The van der Waals surface area contributed by atoms with Crippen LogP contribution >= 0.6 is 24.0 Å². The van der Waals surface area contributed by atoms with Gasteiger partial charge in [-0.05, 0) is 32.9 Å². The molecule has 1 aromatic carbocycles. The Kier molecular flexibility index (Phi) is 10.8. The molecule has 0 saturated heterocycles. The van der Waals surface area contributed by atoms with Crippen LogP contribution in [0.25, 0.3) is 0 Å². The van der Waals surface area contributed by atoms with Crippen molar-refractivity contribution in [1.29, 1.82) is 0 Å². The van der Waals surface area contributed by atoms with E-state index in [1.165, 1.54) is 0 Å². The number of hydrogen-bond acceptors (Lipinski definition) is 5. The van der Waals surface area contributed by atoms with Gasteiger partial charge in [0, 0.05) is 32.7 Å². The molecular formula is C19H31IN4O4. The summed E-state index contributed by atoms with van der Waals surface area (Å²) in [6, 6.07) is 5.49. The number of ether oxygens (including phenoxy) is 3. The van der Waals surface area contributed by atoms with E-state index < -0.39 is 0 Å². The number of hydrogen-bond donors (Lipinski definition) is 1. The van der Waals surface area contributed by atoms with E-state index in [-0.39, 0.29) is 43.2 Å². The molecule has 0 atom stereocenters. The van der Waals surface area contributed by atoms with Crippen molar-refractivity contribution in [2.45, 2.75) is 20.8 Å². The molecule has 0 unspecified atom stereocenters. The molecule has 1 aromatic rings. The van der Waals surface area contributed by atoms with Crippen molar-refractivity contribution in [3.63, 3.8) is 0 Å². The zero-order chi connectivity index (χ0) is 19.6. The van der Waals surface area contributed by atoms with Crippen LogP contribution < -0.4 is 19.5 Å². The van der Waals surface area contributed by atoms with E-state index >= 15 is 0 Å². The second-order valence-corrected chi connectivity index (χ2v) is 6.02. The molecule has 1 aliphatic heterocycles.